The lowest BCUT2D eigenvalue weighted by molar-refractivity contribution is -0.137. The highest BCUT2D eigenvalue weighted by molar-refractivity contribution is 5.91. The van der Waals surface area contributed by atoms with Crippen molar-refractivity contribution < 1.29 is 42.5 Å². The molecule has 0 aliphatic rings. The molecule has 0 radical (unpaired) electrons. The second kappa shape index (κ2) is 9.44. The average Bonchev–Trinajstić information content (AvgIpc) is 3.30. The van der Waals surface area contributed by atoms with Gasteiger partial charge in [0.2, 0.25) is 5.69 Å². The van der Waals surface area contributed by atoms with Gasteiger partial charge >= 0.3 is 24.2 Å². The van der Waals surface area contributed by atoms with Crippen LogP contribution in [-0.4, -0.2) is 47.8 Å². The van der Waals surface area contributed by atoms with Crippen molar-refractivity contribution >= 4 is 34.8 Å². The molecule has 2 aromatic carbocycles. The van der Waals surface area contributed by atoms with E-state index < -0.39 is 53.3 Å². The van der Waals surface area contributed by atoms with Gasteiger partial charge in [0.15, 0.2) is 0 Å². The van der Waals surface area contributed by atoms with E-state index in [0.29, 0.717) is 6.07 Å². The van der Waals surface area contributed by atoms with Gasteiger partial charge in [0.25, 0.3) is 5.56 Å². The lowest BCUT2D eigenvalue weighted by Gasteiger charge is -2.14. The van der Waals surface area contributed by atoms with Crippen molar-refractivity contribution in [2.75, 3.05) is 5.32 Å². The van der Waals surface area contributed by atoms with E-state index >= 15 is 0 Å². The predicted octanol–water partition coefficient (Wildman–Crippen LogP) is 3.27. The molecule has 12 nitrogen and oxygen atoms in total. The molecule has 0 aliphatic heterocycles. The molecule has 0 spiro atoms. The number of halogens is 3. The van der Waals surface area contributed by atoms with Crippen LogP contribution in [0.3, 0.4) is 0 Å². The summed E-state index contributed by atoms with van der Waals surface area (Å²) in [5, 5.41) is 20.4. The van der Waals surface area contributed by atoms with E-state index in [1.54, 1.807) is 0 Å². The molecule has 0 fully saturated rings. The zero-order chi connectivity index (χ0) is 26.9. The Hall–Kier alpha value is -5.21. The number of aromatic amines is 1. The van der Waals surface area contributed by atoms with Gasteiger partial charge in [0.05, 0.1) is 39.9 Å². The number of carboxylic acid groups (broad SMARTS) is 2. The van der Waals surface area contributed by atoms with Crippen molar-refractivity contribution in [3.05, 3.63) is 81.8 Å². The fourth-order valence-corrected chi connectivity index (χ4v) is 3.30. The van der Waals surface area contributed by atoms with Crippen LogP contribution in [0.5, 0.6) is 0 Å². The standard InChI is InChI=1S/C22H14F3N5O7/c23-22(24,25)13-5-14-15(28-17(20(34)35)18(31)29-14)6-16(13)30-7-12(26-9-30)8-37-21(36)27-11-3-1-2-10(4-11)19(32)33/h1-7,9H,8H2,(H,27,36)(H,29,31)(H,32,33)(H,34,35). The maximum absolute atomic E-state index is 13.8. The molecule has 4 aromatic rings. The maximum Gasteiger partial charge on any atom is 0.418 e. The van der Waals surface area contributed by atoms with E-state index in [1.165, 1.54) is 24.3 Å². The molecule has 2 aromatic heterocycles. The van der Waals surface area contributed by atoms with Crippen LogP contribution in [0.15, 0.2) is 53.7 Å². The summed E-state index contributed by atoms with van der Waals surface area (Å²) < 4.78 is 47.3. The van der Waals surface area contributed by atoms with Crippen LogP contribution in [0, 0.1) is 0 Å². The first-order valence-corrected chi connectivity index (χ1v) is 10.1. The number of ether oxygens (including phenoxy) is 1. The molecule has 4 N–H and O–H groups in total. The second-order valence-corrected chi connectivity index (χ2v) is 7.46. The SMILES string of the molecule is O=C(Nc1cccc(C(=O)O)c1)OCc1cn(-c2cc3nc(C(=O)O)c(=O)[nH]c3cc2C(F)(F)F)cn1. The predicted molar refractivity (Wildman–Crippen MR) is 119 cm³/mol. The lowest BCUT2D eigenvalue weighted by atomic mass is 10.1. The summed E-state index contributed by atoms with van der Waals surface area (Å²) in [4.78, 5) is 55.7. The van der Waals surface area contributed by atoms with Crippen molar-refractivity contribution in [1.29, 1.82) is 0 Å². The number of H-pyrrole nitrogens is 1. The number of carbonyl (C=O) groups excluding carboxylic acids is 1. The molecule has 37 heavy (non-hydrogen) atoms. The number of carbonyl (C=O) groups is 3. The number of hydrogen-bond acceptors (Lipinski definition) is 7. The van der Waals surface area contributed by atoms with E-state index in [2.05, 4.69) is 20.3 Å². The molecule has 0 saturated carbocycles. The van der Waals surface area contributed by atoms with E-state index in [0.717, 1.165) is 23.2 Å². The van der Waals surface area contributed by atoms with Gasteiger partial charge < -0.3 is 24.5 Å². The number of imidazole rings is 1. The number of alkyl halides is 3. The minimum atomic E-state index is -4.86. The van der Waals surface area contributed by atoms with E-state index in [9.17, 15) is 32.3 Å². The van der Waals surface area contributed by atoms with Crippen LogP contribution in [0.4, 0.5) is 23.7 Å². The van der Waals surface area contributed by atoms with Crippen LogP contribution < -0.4 is 10.9 Å². The number of nitrogens with one attached hydrogen (secondary N) is 2. The number of nitrogens with zero attached hydrogens (tertiary/aromatic N) is 3. The first-order valence-electron chi connectivity index (χ1n) is 10.1. The zero-order valence-electron chi connectivity index (χ0n) is 18.2. The van der Waals surface area contributed by atoms with E-state index in [4.69, 9.17) is 14.9 Å². The van der Waals surface area contributed by atoms with E-state index in [1.807, 2.05) is 0 Å². The minimum absolute atomic E-state index is 0.0586. The molecule has 0 unspecified atom stereocenters. The molecular formula is C22H14F3N5O7. The molecule has 0 bridgehead atoms. The van der Waals surface area contributed by atoms with Crippen molar-refractivity contribution in [2.45, 2.75) is 12.8 Å². The van der Waals surface area contributed by atoms with Crippen LogP contribution >= 0.6 is 0 Å². The molecular weight excluding hydrogens is 503 g/mol. The Balaban J connectivity index is 1.58. The van der Waals surface area contributed by atoms with E-state index in [-0.39, 0.29) is 28.0 Å². The van der Waals surface area contributed by atoms with Crippen LogP contribution in [-0.2, 0) is 17.5 Å². The molecule has 0 aliphatic carbocycles. The monoisotopic (exact) mass is 517 g/mol. The van der Waals surface area contributed by atoms with Crippen molar-refractivity contribution in [1.82, 2.24) is 19.5 Å². The van der Waals surface area contributed by atoms with Crippen LogP contribution in [0.25, 0.3) is 16.7 Å². The molecule has 2 heterocycles. The number of rotatable bonds is 6. The van der Waals surface area contributed by atoms with Gasteiger partial charge in [-0.15, -0.1) is 0 Å². The normalized spacial score (nSPS) is 11.3. The summed E-state index contributed by atoms with van der Waals surface area (Å²) in [6.45, 7) is -0.443. The highest BCUT2D eigenvalue weighted by Gasteiger charge is 2.35. The van der Waals surface area contributed by atoms with Gasteiger partial charge in [0, 0.05) is 11.9 Å². The maximum atomic E-state index is 13.8. The molecule has 190 valence electrons. The Morgan fingerprint density at radius 2 is 1.86 bits per heavy atom. The Labute approximate surface area is 203 Å². The first kappa shape index (κ1) is 24.9. The lowest BCUT2D eigenvalue weighted by Crippen LogP contribution is -2.20. The third kappa shape index (κ3) is 5.39. The molecule has 1 amide bonds. The Morgan fingerprint density at radius 1 is 1.11 bits per heavy atom. The number of benzene rings is 2. The van der Waals surface area contributed by atoms with Gasteiger partial charge in [-0.3, -0.25) is 10.1 Å². The summed E-state index contributed by atoms with van der Waals surface area (Å²) in [6, 6.07) is 6.93. The third-order valence-corrected chi connectivity index (χ3v) is 4.94. The number of aromatic carboxylic acids is 2. The summed E-state index contributed by atoms with van der Waals surface area (Å²) >= 11 is 0. The fourth-order valence-electron chi connectivity index (χ4n) is 3.30. The van der Waals surface area contributed by atoms with Gasteiger partial charge in [-0.05, 0) is 30.3 Å². The summed E-state index contributed by atoms with van der Waals surface area (Å²) in [5.41, 5.74) is -4.08. The largest absolute Gasteiger partial charge is 0.478 e. The highest BCUT2D eigenvalue weighted by Crippen LogP contribution is 2.35. The number of anilines is 1. The third-order valence-electron chi connectivity index (χ3n) is 4.94. The summed E-state index contributed by atoms with van der Waals surface area (Å²) in [5.74, 6) is -2.85. The molecule has 4 rings (SSSR count). The first-order chi connectivity index (χ1) is 17.4. The van der Waals surface area contributed by atoms with Crippen LogP contribution in [0.1, 0.15) is 32.1 Å². The Morgan fingerprint density at radius 3 is 2.54 bits per heavy atom. The summed E-state index contributed by atoms with van der Waals surface area (Å²) in [6.07, 6.45) is -3.66. The number of hydrogen-bond donors (Lipinski definition) is 4. The topological polar surface area (TPSA) is 176 Å². The Kier molecular flexibility index (Phi) is 6.36. The fraction of sp³-hybridized carbons (Fsp3) is 0.0909. The van der Waals surface area contributed by atoms with Gasteiger partial charge in [-0.2, -0.15) is 13.2 Å². The molecule has 0 saturated heterocycles. The minimum Gasteiger partial charge on any atom is -0.478 e. The quantitative estimate of drug-likeness (QED) is 0.299. The molecule has 15 heteroatoms. The smallest absolute Gasteiger partial charge is 0.418 e. The van der Waals surface area contributed by atoms with Gasteiger partial charge in [0.1, 0.15) is 6.61 Å². The van der Waals surface area contributed by atoms with Gasteiger partial charge in [-0.1, -0.05) is 6.07 Å². The van der Waals surface area contributed by atoms with Crippen molar-refractivity contribution in [2.24, 2.45) is 0 Å². The van der Waals surface area contributed by atoms with Crippen molar-refractivity contribution in [3.8, 4) is 5.69 Å². The molecule has 0 atom stereocenters. The second-order valence-electron chi connectivity index (χ2n) is 7.46. The van der Waals surface area contributed by atoms with Crippen molar-refractivity contribution in [3.63, 3.8) is 0 Å². The average molecular weight is 517 g/mol. The number of fused-ring (bicyclic) bond motifs is 1. The number of aromatic nitrogens is 4. The van der Waals surface area contributed by atoms with Crippen LogP contribution in [0.2, 0.25) is 0 Å². The summed E-state index contributed by atoms with van der Waals surface area (Å²) in [7, 11) is 0. The Bertz CT molecular complexity index is 1610. The zero-order valence-corrected chi connectivity index (χ0v) is 18.2. The number of carboxylic acids is 2. The number of amides is 1. The van der Waals surface area contributed by atoms with Gasteiger partial charge in [-0.25, -0.2) is 24.4 Å². The highest BCUT2D eigenvalue weighted by atomic mass is 19.4.